The van der Waals surface area contributed by atoms with Crippen LogP contribution in [0.25, 0.3) is 0 Å². The fourth-order valence-electron chi connectivity index (χ4n) is 5.13. The number of benzene rings is 2. The van der Waals surface area contributed by atoms with Crippen LogP contribution in [0, 0.1) is 0 Å². The van der Waals surface area contributed by atoms with E-state index >= 15 is 0 Å². The Morgan fingerprint density at radius 3 is 2.24 bits per heavy atom. The normalized spacial score (nSPS) is 22.8. The molecule has 4 nitrogen and oxygen atoms in total. The van der Waals surface area contributed by atoms with E-state index in [0.29, 0.717) is 12.1 Å². The van der Waals surface area contributed by atoms with Crippen LogP contribution < -0.4 is 4.74 Å². The van der Waals surface area contributed by atoms with Gasteiger partial charge in [0, 0.05) is 36.3 Å². The summed E-state index contributed by atoms with van der Waals surface area (Å²) in [5.74, 6) is 0.991. The van der Waals surface area contributed by atoms with E-state index in [9.17, 15) is 4.79 Å². The minimum absolute atomic E-state index is 0.108. The van der Waals surface area contributed by atoms with Crippen molar-refractivity contribution in [2.24, 2.45) is 0 Å². The number of nitrogens with zero attached hydrogens (tertiary/aromatic N) is 2. The maximum absolute atomic E-state index is 11.9. The first-order valence-corrected chi connectivity index (χ1v) is 10.9. The number of ketones is 1. The first-order valence-electron chi connectivity index (χ1n) is 10.9. The molecule has 2 aliphatic rings. The molecule has 4 heteroatoms. The molecule has 2 aromatic rings. The Morgan fingerprint density at radius 1 is 0.966 bits per heavy atom. The number of likely N-dealkylation sites (tertiary alicyclic amines) is 2. The van der Waals surface area contributed by atoms with Crippen molar-refractivity contribution in [2.75, 3.05) is 20.2 Å². The van der Waals surface area contributed by atoms with Crippen molar-refractivity contribution in [3.05, 3.63) is 65.2 Å². The summed E-state index contributed by atoms with van der Waals surface area (Å²) in [5, 5.41) is 0. The van der Waals surface area contributed by atoms with Crippen molar-refractivity contribution < 1.29 is 9.53 Å². The summed E-state index contributed by atoms with van der Waals surface area (Å²) in [6.45, 7) is 5.83. The molecule has 0 spiro atoms. The van der Waals surface area contributed by atoms with Crippen molar-refractivity contribution in [1.29, 1.82) is 0 Å². The molecule has 2 atom stereocenters. The molecule has 4 rings (SSSR count). The van der Waals surface area contributed by atoms with Gasteiger partial charge in [-0.05, 0) is 69.5 Å². The fourth-order valence-corrected chi connectivity index (χ4v) is 5.13. The summed E-state index contributed by atoms with van der Waals surface area (Å²) < 4.78 is 5.60. The molecule has 2 unspecified atom stereocenters. The molecule has 0 N–H and O–H groups in total. The highest BCUT2D eigenvalue weighted by Crippen LogP contribution is 2.33. The first kappa shape index (κ1) is 20.1. The van der Waals surface area contributed by atoms with E-state index in [1.807, 2.05) is 18.2 Å². The highest BCUT2D eigenvalue weighted by Gasteiger charge is 2.37. The van der Waals surface area contributed by atoms with Gasteiger partial charge in [-0.25, -0.2) is 0 Å². The lowest BCUT2D eigenvalue weighted by Crippen LogP contribution is -2.45. The number of Topliss-reactive ketones (excluding diaryl/α,β-unsaturated/α-hetero) is 1. The molecule has 2 saturated heterocycles. The molecule has 0 radical (unpaired) electrons. The van der Waals surface area contributed by atoms with E-state index in [1.165, 1.54) is 37.8 Å². The Bertz CT molecular complexity index is 836. The van der Waals surface area contributed by atoms with Crippen LogP contribution in [0.15, 0.2) is 48.5 Å². The number of rotatable bonds is 7. The first-order chi connectivity index (χ1) is 14.2. The van der Waals surface area contributed by atoms with Gasteiger partial charge in [-0.15, -0.1) is 0 Å². The summed E-state index contributed by atoms with van der Waals surface area (Å²) in [7, 11) is 1.71. The van der Waals surface area contributed by atoms with Gasteiger partial charge in [-0.3, -0.25) is 14.6 Å². The lowest BCUT2D eigenvalue weighted by atomic mass is 10.0. The maximum Gasteiger partial charge on any atom is 0.159 e. The van der Waals surface area contributed by atoms with Crippen LogP contribution in [0.2, 0.25) is 0 Å². The summed E-state index contributed by atoms with van der Waals surface area (Å²) in [6.07, 6.45) is 5.06. The Labute approximate surface area is 174 Å². The zero-order chi connectivity index (χ0) is 20.2. The van der Waals surface area contributed by atoms with E-state index in [4.69, 9.17) is 4.74 Å². The Morgan fingerprint density at radius 2 is 1.62 bits per heavy atom. The highest BCUT2D eigenvalue weighted by atomic mass is 16.5. The van der Waals surface area contributed by atoms with Crippen LogP contribution in [-0.4, -0.2) is 47.9 Å². The molecule has 0 aromatic heterocycles. The fraction of sp³-hybridized carbons (Fsp3) is 0.480. The monoisotopic (exact) mass is 392 g/mol. The van der Waals surface area contributed by atoms with Gasteiger partial charge in [-0.2, -0.15) is 0 Å². The van der Waals surface area contributed by atoms with Gasteiger partial charge in [0.2, 0.25) is 0 Å². The lowest BCUT2D eigenvalue weighted by molar-refractivity contribution is 0.101. The number of hydrogen-bond donors (Lipinski definition) is 0. The lowest BCUT2D eigenvalue weighted by Gasteiger charge is -2.35. The standard InChI is InChI=1S/C25H32N2O2/c1-19(28)21-12-13-25(29-2)22(16-21)18-27-15-7-11-24(27)23-10-6-14-26(23)17-20-8-4-3-5-9-20/h3-5,8-9,12-13,16,23-24H,6-7,10-11,14-15,17-18H2,1-2H3. The SMILES string of the molecule is COc1ccc(C(C)=O)cc1CN1CCCC1C1CCCN1Cc1ccccc1. The van der Waals surface area contributed by atoms with Gasteiger partial charge in [0.25, 0.3) is 0 Å². The largest absolute Gasteiger partial charge is 0.496 e. The molecule has 154 valence electrons. The van der Waals surface area contributed by atoms with Crippen LogP contribution in [0.3, 0.4) is 0 Å². The molecular weight excluding hydrogens is 360 g/mol. The minimum atomic E-state index is 0.108. The van der Waals surface area contributed by atoms with Crippen molar-refractivity contribution in [1.82, 2.24) is 9.80 Å². The van der Waals surface area contributed by atoms with Gasteiger partial charge in [0.05, 0.1) is 7.11 Å². The van der Waals surface area contributed by atoms with Crippen molar-refractivity contribution in [3.63, 3.8) is 0 Å². The second-order valence-corrected chi connectivity index (χ2v) is 8.43. The third-order valence-electron chi connectivity index (χ3n) is 6.56. The third-order valence-corrected chi connectivity index (χ3v) is 6.56. The third kappa shape index (κ3) is 4.54. The predicted molar refractivity (Wildman–Crippen MR) is 116 cm³/mol. The van der Waals surface area contributed by atoms with Gasteiger partial charge in [-0.1, -0.05) is 30.3 Å². The number of carbonyl (C=O) groups excluding carboxylic acids is 1. The number of carbonyl (C=O) groups is 1. The number of ether oxygens (including phenoxy) is 1. The smallest absolute Gasteiger partial charge is 0.159 e. The Balaban J connectivity index is 1.50. The van der Waals surface area contributed by atoms with Crippen LogP contribution in [0.1, 0.15) is 54.1 Å². The molecule has 2 aliphatic heterocycles. The van der Waals surface area contributed by atoms with Crippen molar-refractivity contribution in [3.8, 4) is 5.75 Å². The van der Waals surface area contributed by atoms with E-state index in [1.54, 1.807) is 14.0 Å². The predicted octanol–water partition coefficient (Wildman–Crippen LogP) is 4.53. The molecule has 0 saturated carbocycles. The Hall–Kier alpha value is -2.17. The van der Waals surface area contributed by atoms with Crippen LogP contribution in [0.5, 0.6) is 5.75 Å². The van der Waals surface area contributed by atoms with Gasteiger partial charge in [0.1, 0.15) is 5.75 Å². The van der Waals surface area contributed by atoms with E-state index in [0.717, 1.165) is 36.5 Å². The van der Waals surface area contributed by atoms with Crippen LogP contribution in [0.4, 0.5) is 0 Å². The molecule has 0 amide bonds. The van der Waals surface area contributed by atoms with E-state index in [-0.39, 0.29) is 5.78 Å². The quantitative estimate of drug-likeness (QED) is 0.648. The molecule has 0 aliphatic carbocycles. The topological polar surface area (TPSA) is 32.8 Å². The molecule has 2 fully saturated rings. The van der Waals surface area contributed by atoms with Gasteiger partial charge >= 0.3 is 0 Å². The average molecular weight is 393 g/mol. The highest BCUT2D eigenvalue weighted by molar-refractivity contribution is 5.94. The molecule has 2 aromatic carbocycles. The number of hydrogen-bond acceptors (Lipinski definition) is 4. The zero-order valence-corrected chi connectivity index (χ0v) is 17.6. The zero-order valence-electron chi connectivity index (χ0n) is 17.6. The van der Waals surface area contributed by atoms with E-state index < -0.39 is 0 Å². The Kier molecular flexibility index (Phi) is 6.31. The second kappa shape index (κ2) is 9.10. The van der Waals surface area contributed by atoms with Crippen molar-refractivity contribution in [2.45, 2.75) is 57.8 Å². The summed E-state index contributed by atoms with van der Waals surface area (Å²) in [5.41, 5.74) is 3.29. The molecule has 2 heterocycles. The number of methoxy groups -OCH3 is 1. The summed E-state index contributed by atoms with van der Waals surface area (Å²) in [4.78, 5) is 17.2. The minimum Gasteiger partial charge on any atom is -0.496 e. The molecule has 29 heavy (non-hydrogen) atoms. The van der Waals surface area contributed by atoms with Crippen LogP contribution >= 0.6 is 0 Å². The second-order valence-electron chi connectivity index (χ2n) is 8.43. The molecular formula is C25H32N2O2. The molecule has 0 bridgehead atoms. The summed E-state index contributed by atoms with van der Waals surface area (Å²) >= 11 is 0. The average Bonchev–Trinajstić information content (AvgIpc) is 3.37. The van der Waals surface area contributed by atoms with Crippen LogP contribution in [-0.2, 0) is 13.1 Å². The van der Waals surface area contributed by atoms with E-state index in [2.05, 4.69) is 40.1 Å². The maximum atomic E-state index is 11.9. The summed E-state index contributed by atoms with van der Waals surface area (Å²) in [6, 6.07) is 17.8. The van der Waals surface area contributed by atoms with Gasteiger partial charge in [0.15, 0.2) is 5.78 Å². The van der Waals surface area contributed by atoms with Gasteiger partial charge < -0.3 is 4.74 Å². The van der Waals surface area contributed by atoms with Crippen molar-refractivity contribution >= 4 is 5.78 Å².